The highest BCUT2D eigenvalue weighted by Crippen LogP contribution is 2.05. The summed E-state index contributed by atoms with van der Waals surface area (Å²) in [6.45, 7) is 1.87. The molecule has 1 amide bonds. The van der Waals surface area contributed by atoms with Gasteiger partial charge in [0.25, 0.3) is 0 Å². The molecule has 0 atom stereocenters. The van der Waals surface area contributed by atoms with Crippen LogP contribution in [0.25, 0.3) is 0 Å². The summed E-state index contributed by atoms with van der Waals surface area (Å²) < 4.78 is 1.61. The predicted molar refractivity (Wildman–Crippen MR) is 37.6 cm³/mol. The molecule has 0 fully saturated rings. The highest BCUT2D eigenvalue weighted by molar-refractivity contribution is 5.68. The molecule has 10 heavy (non-hydrogen) atoms. The number of nitrogens with one attached hydrogen (secondary N) is 1. The summed E-state index contributed by atoms with van der Waals surface area (Å²) in [4.78, 5) is 9.98. The van der Waals surface area contributed by atoms with Crippen LogP contribution in [0.1, 0.15) is 5.69 Å². The zero-order chi connectivity index (χ0) is 7.56. The van der Waals surface area contributed by atoms with Crippen molar-refractivity contribution < 1.29 is 4.79 Å². The van der Waals surface area contributed by atoms with E-state index in [1.54, 1.807) is 17.8 Å². The van der Waals surface area contributed by atoms with Crippen molar-refractivity contribution in [2.75, 3.05) is 5.32 Å². The minimum atomic E-state index is 0.635. The Morgan fingerprint density at radius 3 is 2.90 bits per heavy atom. The number of amides is 1. The molecular formula is C6H9N3O. The standard InChI is InChI=1S/C6H9N3O/c1-5-3-6(7-4-10)9(2)8-5/h3-4H,1-2H3,(H,7,10). The highest BCUT2D eigenvalue weighted by Gasteiger charge is 1.97. The maximum Gasteiger partial charge on any atom is 0.212 e. The molecule has 54 valence electrons. The number of hydrogen-bond acceptors (Lipinski definition) is 2. The molecule has 0 spiro atoms. The van der Waals surface area contributed by atoms with Crippen LogP contribution in [0.4, 0.5) is 5.82 Å². The molecule has 0 aliphatic carbocycles. The van der Waals surface area contributed by atoms with Gasteiger partial charge in [0.1, 0.15) is 5.82 Å². The molecule has 0 aliphatic rings. The van der Waals surface area contributed by atoms with Gasteiger partial charge in [-0.05, 0) is 6.92 Å². The number of hydrogen-bond donors (Lipinski definition) is 1. The van der Waals surface area contributed by atoms with Gasteiger partial charge in [0.05, 0.1) is 5.69 Å². The van der Waals surface area contributed by atoms with E-state index in [-0.39, 0.29) is 0 Å². The van der Waals surface area contributed by atoms with Crippen molar-refractivity contribution in [3.05, 3.63) is 11.8 Å². The number of rotatable bonds is 2. The molecule has 0 aromatic carbocycles. The third-order valence-electron chi connectivity index (χ3n) is 1.21. The number of aromatic nitrogens is 2. The van der Waals surface area contributed by atoms with Crippen LogP contribution in [0.3, 0.4) is 0 Å². The smallest absolute Gasteiger partial charge is 0.212 e. The van der Waals surface area contributed by atoms with E-state index in [9.17, 15) is 4.79 Å². The van der Waals surface area contributed by atoms with Crippen LogP contribution in [0.15, 0.2) is 6.07 Å². The van der Waals surface area contributed by atoms with E-state index in [0.717, 1.165) is 5.69 Å². The number of anilines is 1. The molecule has 0 saturated carbocycles. The van der Waals surface area contributed by atoms with E-state index < -0.39 is 0 Å². The predicted octanol–water partition coefficient (Wildman–Crippen LogP) is 0.297. The van der Waals surface area contributed by atoms with Crippen molar-refractivity contribution in [1.29, 1.82) is 0 Å². The van der Waals surface area contributed by atoms with E-state index in [2.05, 4.69) is 10.4 Å². The largest absolute Gasteiger partial charge is 0.314 e. The number of carbonyl (C=O) groups is 1. The van der Waals surface area contributed by atoms with Gasteiger partial charge in [-0.3, -0.25) is 9.48 Å². The summed E-state index contributed by atoms with van der Waals surface area (Å²) in [6.07, 6.45) is 0.635. The number of carbonyl (C=O) groups excluding carboxylic acids is 1. The molecule has 4 heteroatoms. The first-order valence-electron chi connectivity index (χ1n) is 2.95. The average molecular weight is 139 g/mol. The van der Waals surface area contributed by atoms with Crippen LogP contribution in [-0.4, -0.2) is 16.2 Å². The monoisotopic (exact) mass is 139 g/mol. The third-order valence-corrected chi connectivity index (χ3v) is 1.21. The van der Waals surface area contributed by atoms with E-state index >= 15 is 0 Å². The third kappa shape index (κ3) is 1.15. The lowest BCUT2D eigenvalue weighted by Crippen LogP contribution is -2.00. The lowest BCUT2D eigenvalue weighted by Gasteiger charge is -1.95. The van der Waals surface area contributed by atoms with E-state index in [0.29, 0.717) is 12.2 Å². The van der Waals surface area contributed by atoms with Crippen LogP contribution in [0.2, 0.25) is 0 Å². The normalized spacial score (nSPS) is 9.40. The molecular weight excluding hydrogens is 130 g/mol. The minimum absolute atomic E-state index is 0.635. The Labute approximate surface area is 58.8 Å². The summed E-state index contributed by atoms with van der Waals surface area (Å²) in [6, 6.07) is 1.80. The van der Waals surface area contributed by atoms with Gasteiger partial charge in [-0.25, -0.2) is 0 Å². The quantitative estimate of drug-likeness (QED) is 0.599. The zero-order valence-electron chi connectivity index (χ0n) is 5.96. The fraction of sp³-hybridized carbons (Fsp3) is 0.333. The van der Waals surface area contributed by atoms with Crippen molar-refractivity contribution >= 4 is 12.2 Å². The molecule has 1 aromatic rings. The van der Waals surface area contributed by atoms with Crippen LogP contribution in [-0.2, 0) is 11.8 Å². The van der Waals surface area contributed by atoms with Gasteiger partial charge >= 0.3 is 0 Å². The summed E-state index contributed by atoms with van der Waals surface area (Å²) in [5.41, 5.74) is 0.895. The van der Waals surface area contributed by atoms with Crippen molar-refractivity contribution in [3.8, 4) is 0 Å². The lowest BCUT2D eigenvalue weighted by molar-refractivity contribution is -0.105. The Kier molecular flexibility index (Phi) is 1.71. The Bertz CT molecular complexity index is 241. The summed E-state index contributed by atoms with van der Waals surface area (Å²) in [5.74, 6) is 0.715. The summed E-state index contributed by atoms with van der Waals surface area (Å²) in [5, 5.41) is 6.54. The highest BCUT2D eigenvalue weighted by atomic mass is 16.1. The maximum absolute atomic E-state index is 9.98. The van der Waals surface area contributed by atoms with Crippen LogP contribution in [0.5, 0.6) is 0 Å². The molecule has 0 aliphatic heterocycles. The van der Waals surface area contributed by atoms with Gasteiger partial charge in [0, 0.05) is 13.1 Å². The molecule has 4 nitrogen and oxygen atoms in total. The van der Waals surface area contributed by atoms with Crippen molar-refractivity contribution in [1.82, 2.24) is 9.78 Å². The molecule has 0 bridgehead atoms. The summed E-state index contributed by atoms with van der Waals surface area (Å²) >= 11 is 0. The lowest BCUT2D eigenvalue weighted by atomic mass is 10.5. The van der Waals surface area contributed by atoms with Gasteiger partial charge in [-0.2, -0.15) is 5.10 Å². The number of aryl methyl sites for hydroxylation is 2. The van der Waals surface area contributed by atoms with Gasteiger partial charge in [0.2, 0.25) is 6.41 Å². The van der Waals surface area contributed by atoms with E-state index in [1.807, 2.05) is 6.92 Å². The van der Waals surface area contributed by atoms with Crippen molar-refractivity contribution in [2.45, 2.75) is 6.92 Å². The van der Waals surface area contributed by atoms with Crippen LogP contribution >= 0.6 is 0 Å². The second-order valence-electron chi connectivity index (χ2n) is 2.06. The van der Waals surface area contributed by atoms with Gasteiger partial charge < -0.3 is 5.32 Å². The second-order valence-corrected chi connectivity index (χ2v) is 2.06. The van der Waals surface area contributed by atoms with E-state index in [1.165, 1.54) is 0 Å². The summed E-state index contributed by atoms with van der Waals surface area (Å²) in [7, 11) is 1.78. The Morgan fingerprint density at radius 1 is 1.80 bits per heavy atom. The SMILES string of the molecule is Cc1cc(NC=O)n(C)n1. The van der Waals surface area contributed by atoms with Gasteiger partial charge in [-0.15, -0.1) is 0 Å². The molecule has 0 radical (unpaired) electrons. The number of nitrogens with zero attached hydrogens (tertiary/aromatic N) is 2. The van der Waals surface area contributed by atoms with Crippen molar-refractivity contribution in [3.63, 3.8) is 0 Å². The Hall–Kier alpha value is -1.32. The first-order valence-corrected chi connectivity index (χ1v) is 2.95. The second kappa shape index (κ2) is 2.51. The molecule has 1 N–H and O–H groups in total. The molecule has 0 unspecified atom stereocenters. The molecule has 1 aromatic heterocycles. The topological polar surface area (TPSA) is 46.9 Å². The zero-order valence-corrected chi connectivity index (χ0v) is 5.96. The van der Waals surface area contributed by atoms with Crippen LogP contribution < -0.4 is 5.32 Å². The maximum atomic E-state index is 9.98. The molecule has 1 rings (SSSR count). The van der Waals surface area contributed by atoms with Crippen LogP contribution in [0, 0.1) is 6.92 Å². The minimum Gasteiger partial charge on any atom is -0.314 e. The van der Waals surface area contributed by atoms with Gasteiger partial charge in [-0.1, -0.05) is 0 Å². The van der Waals surface area contributed by atoms with E-state index in [4.69, 9.17) is 0 Å². The first kappa shape index (κ1) is 6.80. The fourth-order valence-electron chi connectivity index (χ4n) is 0.806. The molecule has 1 heterocycles. The first-order chi connectivity index (χ1) is 4.74. The Morgan fingerprint density at radius 2 is 2.50 bits per heavy atom. The fourth-order valence-corrected chi connectivity index (χ4v) is 0.806. The van der Waals surface area contributed by atoms with Crippen molar-refractivity contribution in [2.24, 2.45) is 7.05 Å². The Balaban J connectivity index is 2.91. The van der Waals surface area contributed by atoms with Gasteiger partial charge in [0.15, 0.2) is 0 Å². The average Bonchev–Trinajstić information content (AvgIpc) is 2.13. The molecule has 0 saturated heterocycles.